The van der Waals surface area contributed by atoms with E-state index >= 15 is 0 Å². The van der Waals surface area contributed by atoms with Crippen LogP contribution in [0.1, 0.15) is 10.4 Å². The van der Waals surface area contributed by atoms with Crippen molar-refractivity contribution in [3.05, 3.63) is 36.4 Å². The van der Waals surface area contributed by atoms with Crippen molar-refractivity contribution >= 4 is 32.7 Å². The summed E-state index contributed by atoms with van der Waals surface area (Å²) < 4.78 is 5.84. The summed E-state index contributed by atoms with van der Waals surface area (Å²) in [6, 6.07) is 5.32. The Balaban J connectivity index is 2.43. The normalized spacial score (nSPS) is 10.2. The Hall–Kier alpha value is -1.88. The van der Waals surface area contributed by atoms with Crippen LogP contribution in [0, 0.1) is 0 Å². The maximum Gasteiger partial charge on any atom is 0.340 e. The highest BCUT2D eigenvalue weighted by atomic mass is 32.1. The van der Waals surface area contributed by atoms with Crippen LogP contribution in [0.2, 0.25) is 0 Å². The van der Waals surface area contributed by atoms with Gasteiger partial charge in [-0.05, 0) is 12.1 Å². The molecular weight excluding hydrogens is 224 g/mol. The van der Waals surface area contributed by atoms with E-state index in [2.05, 4.69) is 11.6 Å². The van der Waals surface area contributed by atoms with E-state index in [4.69, 9.17) is 10.5 Å². The van der Waals surface area contributed by atoms with Crippen LogP contribution in [0.25, 0.3) is 10.2 Å². The zero-order valence-corrected chi connectivity index (χ0v) is 9.29. The minimum atomic E-state index is -0.407. The van der Waals surface area contributed by atoms with Crippen molar-refractivity contribution in [3.8, 4) is 0 Å². The van der Waals surface area contributed by atoms with Crippen molar-refractivity contribution in [2.24, 2.45) is 0 Å². The topological polar surface area (TPSA) is 65.2 Å². The number of carbonyl (C=O) groups is 1. The Morgan fingerprint density at radius 1 is 1.62 bits per heavy atom. The molecule has 1 aromatic carbocycles. The molecule has 0 aliphatic rings. The third-order valence-electron chi connectivity index (χ3n) is 1.99. The van der Waals surface area contributed by atoms with Crippen molar-refractivity contribution in [1.82, 2.24) is 4.98 Å². The number of esters is 1. The third-order valence-corrected chi connectivity index (χ3v) is 2.84. The van der Waals surface area contributed by atoms with Crippen molar-refractivity contribution < 1.29 is 9.53 Å². The first-order valence-electron chi connectivity index (χ1n) is 4.65. The van der Waals surface area contributed by atoms with Crippen molar-refractivity contribution in [2.45, 2.75) is 0 Å². The molecule has 16 heavy (non-hydrogen) atoms. The molecule has 5 heteroatoms. The molecule has 0 amide bonds. The lowest BCUT2D eigenvalue weighted by Gasteiger charge is -2.01. The zero-order valence-electron chi connectivity index (χ0n) is 8.47. The Morgan fingerprint density at radius 3 is 3.19 bits per heavy atom. The van der Waals surface area contributed by atoms with E-state index in [0.29, 0.717) is 16.2 Å². The van der Waals surface area contributed by atoms with Crippen LogP contribution in [-0.2, 0) is 4.74 Å². The van der Waals surface area contributed by atoms with Crippen LogP contribution >= 0.6 is 11.3 Å². The van der Waals surface area contributed by atoms with Gasteiger partial charge in [-0.1, -0.05) is 30.1 Å². The Kier molecular flexibility index (Phi) is 2.87. The summed E-state index contributed by atoms with van der Waals surface area (Å²) in [5, 5.41) is 0.443. The first kappa shape index (κ1) is 10.6. The molecule has 2 aromatic rings. The minimum absolute atomic E-state index is 0.189. The number of rotatable bonds is 3. The molecular formula is C11H10N2O2S. The molecule has 0 atom stereocenters. The largest absolute Gasteiger partial charge is 0.458 e. The smallest absolute Gasteiger partial charge is 0.340 e. The van der Waals surface area contributed by atoms with Gasteiger partial charge in [0.1, 0.15) is 6.61 Å². The lowest BCUT2D eigenvalue weighted by Crippen LogP contribution is -2.05. The molecule has 2 N–H and O–H groups in total. The molecule has 0 saturated heterocycles. The van der Waals surface area contributed by atoms with E-state index in [9.17, 15) is 4.79 Å². The van der Waals surface area contributed by atoms with Gasteiger partial charge in [0.2, 0.25) is 0 Å². The first-order chi connectivity index (χ1) is 7.72. The zero-order chi connectivity index (χ0) is 11.5. The van der Waals surface area contributed by atoms with Gasteiger partial charge in [-0.3, -0.25) is 0 Å². The van der Waals surface area contributed by atoms with Crippen LogP contribution in [-0.4, -0.2) is 17.6 Å². The number of anilines is 1. The number of thiazole rings is 1. The number of hydrogen-bond donors (Lipinski definition) is 1. The van der Waals surface area contributed by atoms with E-state index in [1.807, 2.05) is 6.07 Å². The monoisotopic (exact) mass is 234 g/mol. The van der Waals surface area contributed by atoms with E-state index in [1.54, 1.807) is 12.1 Å². The molecule has 0 radical (unpaired) electrons. The fraction of sp³-hybridized carbons (Fsp3) is 0.0909. The number of benzene rings is 1. The van der Waals surface area contributed by atoms with E-state index < -0.39 is 5.97 Å². The quantitative estimate of drug-likeness (QED) is 0.653. The van der Waals surface area contributed by atoms with Crippen LogP contribution < -0.4 is 5.73 Å². The Bertz CT molecular complexity index is 548. The standard InChI is InChI=1S/C11H10N2O2S/c1-2-6-15-10(14)7-4-3-5-8-9(7)13-11(12)16-8/h2-5H,1,6H2,(H2,12,13). The molecule has 82 valence electrons. The predicted molar refractivity (Wildman–Crippen MR) is 64.5 cm³/mol. The van der Waals surface area contributed by atoms with Crippen molar-refractivity contribution in [2.75, 3.05) is 12.3 Å². The molecule has 2 rings (SSSR count). The Morgan fingerprint density at radius 2 is 2.44 bits per heavy atom. The summed E-state index contributed by atoms with van der Waals surface area (Å²) in [6.45, 7) is 3.67. The minimum Gasteiger partial charge on any atom is -0.458 e. The van der Waals surface area contributed by atoms with Gasteiger partial charge < -0.3 is 10.5 Å². The number of para-hydroxylation sites is 1. The molecule has 0 aliphatic carbocycles. The molecule has 1 aromatic heterocycles. The second-order valence-corrected chi connectivity index (χ2v) is 4.15. The fourth-order valence-corrected chi connectivity index (χ4v) is 2.10. The van der Waals surface area contributed by atoms with Gasteiger partial charge in [-0.25, -0.2) is 9.78 Å². The highest BCUT2D eigenvalue weighted by molar-refractivity contribution is 7.22. The fourth-order valence-electron chi connectivity index (χ4n) is 1.34. The molecule has 0 bridgehead atoms. The van der Waals surface area contributed by atoms with Gasteiger partial charge in [-0.2, -0.15) is 0 Å². The number of carbonyl (C=O) groups excluding carboxylic acids is 1. The number of ether oxygens (including phenoxy) is 1. The average Bonchev–Trinajstić information content (AvgIpc) is 2.65. The maximum atomic E-state index is 11.7. The Labute approximate surface area is 96.4 Å². The molecule has 0 fully saturated rings. The highest BCUT2D eigenvalue weighted by Crippen LogP contribution is 2.26. The number of aromatic nitrogens is 1. The van der Waals surface area contributed by atoms with Gasteiger partial charge in [0.15, 0.2) is 5.13 Å². The number of nitrogens with zero attached hydrogens (tertiary/aromatic N) is 1. The number of nitrogen functional groups attached to an aromatic ring is 1. The van der Waals surface area contributed by atoms with Gasteiger partial charge in [-0.15, -0.1) is 0 Å². The summed E-state index contributed by atoms with van der Waals surface area (Å²) in [5.74, 6) is -0.407. The summed E-state index contributed by atoms with van der Waals surface area (Å²) >= 11 is 1.35. The van der Waals surface area contributed by atoms with E-state index in [-0.39, 0.29) is 6.61 Å². The third kappa shape index (κ3) is 1.90. The summed E-state index contributed by atoms with van der Waals surface area (Å²) in [5.41, 5.74) is 6.63. The number of hydrogen-bond acceptors (Lipinski definition) is 5. The van der Waals surface area contributed by atoms with Crippen LogP contribution in [0.15, 0.2) is 30.9 Å². The number of nitrogens with two attached hydrogens (primary N) is 1. The SMILES string of the molecule is C=CCOC(=O)c1cccc2sc(N)nc12. The molecule has 4 nitrogen and oxygen atoms in total. The summed E-state index contributed by atoms with van der Waals surface area (Å²) in [4.78, 5) is 15.8. The van der Waals surface area contributed by atoms with Gasteiger partial charge in [0, 0.05) is 0 Å². The number of fused-ring (bicyclic) bond motifs is 1. The van der Waals surface area contributed by atoms with Gasteiger partial charge in [0.05, 0.1) is 15.8 Å². The molecule has 0 unspecified atom stereocenters. The van der Waals surface area contributed by atoms with Crippen LogP contribution in [0.4, 0.5) is 5.13 Å². The molecule has 0 saturated carbocycles. The summed E-state index contributed by atoms with van der Waals surface area (Å²) in [7, 11) is 0. The lowest BCUT2D eigenvalue weighted by atomic mass is 10.2. The van der Waals surface area contributed by atoms with E-state index in [1.165, 1.54) is 17.4 Å². The van der Waals surface area contributed by atoms with E-state index in [0.717, 1.165) is 4.70 Å². The average molecular weight is 234 g/mol. The molecule has 0 spiro atoms. The predicted octanol–water partition coefficient (Wildman–Crippen LogP) is 2.22. The molecule has 1 heterocycles. The second kappa shape index (κ2) is 4.32. The van der Waals surface area contributed by atoms with Gasteiger partial charge >= 0.3 is 5.97 Å². The highest BCUT2D eigenvalue weighted by Gasteiger charge is 2.13. The molecule has 0 aliphatic heterocycles. The van der Waals surface area contributed by atoms with Crippen molar-refractivity contribution in [1.29, 1.82) is 0 Å². The lowest BCUT2D eigenvalue weighted by molar-refractivity contribution is 0.0552. The maximum absolute atomic E-state index is 11.7. The van der Waals surface area contributed by atoms with Gasteiger partial charge in [0.25, 0.3) is 0 Å². The second-order valence-electron chi connectivity index (χ2n) is 3.09. The van der Waals surface area contributed by atoms with Crippen LogP contribution in [0.3, 0.4) is 0 Å². The summed E-state index contributed by atoms with van der Waals surface area (Å²) in [6.07, 6.45) is 1.52. The van der Waals surface area contributed by atoms with Crippen molar-refractivity contribution in [3.63, 3.8) is 0 Å². The van der Waals surface area contributed by atoms with Crippen LogP contribution in [0.5, 0.6) is 0 Å². The first-order valence-corrected chi connectivity index (χ1v) is 5.47.